The van der Waals surface area contributed by atoms with Gasteiger partial charge in [-0.3, -0.25) is 9.69 Å². The van der Waals surface area contributed by atoms with Crippen molar-refractivity contribution in [2.75, 3.05) is 44.3 Å². The van der Waals surface area contributed by atoms with Crippen LogP contribution in [0.5, 0.6) is 0 Å². The lowest BCUT2D eigenvalue weighted by Gasteiger charge is -2.40. The summed E-state index contributed by atoms with van der Waals surface area (Å²) in [6, 6.07) is 4.24. The summed E-state index contributed by atoms with van der Waals surface area (Å²) in [7, 11) is 0. The first-order valence-electron chi connectivity index (χ1n) is 12.8. The van der Waals surface area contributed by atoms with E-state index in [-0.39, 0.29) is 24.1 Å². The Hall–Kier alpha value is -3.18. The number of thiazole rings is 1. The van der Waals surface area contributed by atoms with Crippen molar-refractivity contribution >= 4 is 40.5 Å². The second kappa shape index (κ2) is 9.29. The van der Waals surface area contributed by atoms with Crippen LogP contribution in [0.25, 0.3) is 21.7 Å². The van der Waals surface area contributed by atoms with Crippen LogP contribution < -0.4 is 4.90 Å². The predicted molar refractivity (Wildman–Crippen MR) is 139 cm³/mol. The first-order valence-corrected chi connectivity index (χ1v) is 13.6. The molecule has 6 rings (SSSR count). The zero-order valence-corrected chi connectivity index (χ0v) is 22.1. The molecule has 0 N–H and O–H groups in total. The number of nitrogens with zero attached hydrogens (tertiary/aromatic N) is 5. The summed E-state index contributed by atoms with van der Waals surface area (Å²) in [5, 5.41) is 2.73. The van der Waals surface area contributed by atoms with Gasteiger partial charge in [-0.2, -0.15) is 4.98 Å². The van der Waals surface area contributed by atoms with Gasteiger partial charge in [0, 0.05) is 37.8 Å². The number of morpholine rings is 1. The molecule has 37 heavy (non-hydrogen) atoms. The Labute approximate surface area is 219 Å². The normalized spacial score (nSPS) is 22.1. The summed E-state index contributed by atoms with van der Waals surface area (Å²) in [6.45, 7) is 9.02. The highest BCUT2D eigenvalue weighted by atomic mass is 32.1. The van der Waals surface area contributed by atoms with E-state index in [1.807, 2.05) is 43.2 Å². The minimum absolute atomic E-state index is 0.0245. The van der Waals surface area contributed by atoms with E-state index in [2.05, 4.69) is 9.88 Å². The molecule has 3 aliphatic heterocycles. The Kier molecular flexibility index (Phi) is 6.07. The van der Waals surface area contributed by atoms with Gasteiger partial charge in [0.2, 0.25) is 0 Å². The first kappa shape index (κ1) is 24.2. The third-order valence-corrected chi connectivity index (χ3v) is 7.89. The van der Waals surface area contributed by atoms with E-state index in [0.29, 0.717) is 62.1 Å². The van der Waals surface area contributed by atoms with Crippen LogP contribution in [0.4, 0.5) is 10.8 Å². The molecule has 2 atom stereocenters. The highest BCUT2D eigenvalue weighted by Gasteiger charge is 2.45. The number of aromatic nitrogens is 2. The van der Waals surface area contributed by atoms with Gasteiger partial charge in [0.15, 0.2) is 5.58 Å². The molecular formula is C26H31N5O5S. The number of carbonyl (C=O) groups is 2. The Balaban J connectivity index is 1.33. The molecule has 196 valence electrons. The topological polar surface area (TPSA) is 101 Å². The summed E-state index contributed by atoms with van der Waals surface area (Å²) in [5.41, 5.74) is 1.90. The number of carbonyl (C=O) groups excluding carboxylic acids is 2. The number of benzene rings is 1. The lowest BCUT2D eigenvalue weighted by molar-refractivity contribution is 0.0120. The highest BCUT2D eigenvalue weighted by Crippen LogP contribution is 2.38. The van der Waals surface area contributed by atoms with Crippen molar-refractivity contribution in [3.8, 4) is 10.6 Å². The zero-order chi connectivity index (χ0) is 25.7. The fourth-order valence-corrected chi connectivity index (χ4v) is 6.10. The Morgan fingerprint density at radius 1 is 1.11 bits per heavy atom. The van der Waals surface area contributed by atoms with Crippen molar-refractivity contribution < 1.29 is 23.5 Å². The van der Waals surface area contributed by atoms with Crippen LogP contribution in [0, 0.1) is 0 Å². The van der Waals surface area contributed by atoms with E-state index < -0.39 is 5.60 Å². The lowest BCUT2D eigenvalue weighted by atomic mass is 10.1. The van der Waals surface area contributed by atoms with Gasteiger partial charge in [0.05, 0.1) is 36.4 Å². The zero-order valence-electron chi connectivity index (χ0n) is 21.3. The number of hydrogen-bond donors (Lipinski definition) is 0. The van der Waals surface area contributed by atoms with Gasteiger partial charge < -0.3 is 23.7 Å². The first-order chi connectivity index (χ1) is 17.8. The second-order valence-electron chi connectivity index (χ2n) is 10.8. The number of anilines is 1. The van der Waals surface area contributed by atoms with Gasteiger partial charge in [0.25, 0.3) is 11.9 Å². The molecule has 3 aromatic rings. The summed E-state index contributed by atoms with van der Waals surface area (Å²) in [4.78, 5) is 41.5. The standard InChI is InChI=1S/C26H31N5O5S/c1-26(2,3)36-25(33)31-16-4-5-17(31)15-30(14-16)24-28-20-18(23(32)29-9-11-34-12-10-29)6-7-19(21(20)35-24)22-27-8-13-37-22/h6-8,13,16-17H,4-5,9-12,14-15H2,1-3H3. The summed E-state index contributed by atoms with van der Waals surface area (Å²) >= 11 is 1.51. The third kappa shape index (κ3) is 4.54. The molecule has 0 spiro atoms. The van der Waals surface area contributed by atoms with Gasteiger partial charge in [-0.05, 0) is 45.7 Å². The molecule has 3 aliphatic rings. The third-order valence-electron chi connectivity index (χ3n) is 7.08. The van der Waals surface area contributed by atoms with E-state index >= 15 is 0 Å². The van der Waals surface area contributed by atoms with Crippen LogP contribution in [0.1, 0.15) is 44.0 Å². The molecular weight excluding hydrogens is 494 g/mol. The monoisotopic (exact) mass is 525 g/mol. The summed E-state index contributed by atoms with van der Waals surface area (Å²) in [6.07, 6.45) is 3.31. The van der Waals surface area contributed by atoms with Crippen LogP contribution in [0.3, 0.4) is 0 Å². The highest BCUT2D eigenvalue weighted by molar-refractivity contribution is 7.13. The van der Waals surface area contributed by atoms with E-state index in [9.17, 15) is 9.59 Å². The summed E-state index contributed by atoms with van der Waals surface area (Å²) < 4.78 is 17.5. The number of rotatable bonds is 3. The molecule has 3 saturated heterocycles. The molecule has 3 fully saturated rings. The molecule has 2 amide bonds. The smallest absolute Gasteiger partial charge is 0.410 e. The predicted octanol–water partition coefficient (Wildman–Crippen LogP) is 4.01. The molecule has 2 unspecified atom stereocenters. The average molecular weight is 526 g/mol. The van der Waals surface area contributed by atoms with E-state index in [1.165, 1.54) is 11.3 Å². The maximum atomic E-state index is 13.4. The molecule has 1 aromatic carbocycles. The number of oxazole rings is 1. The Morgan fingerprint density at radius 2 is 1.84 bits per heavy atom. The maximum Gasteiger partial charge on any atom is 0.410 e. The van der Waals surface area contributed by atoms with Crippen molar-refractivity contribution in [3.63, 3.8) is 0 Å². The minimum atomic E-state index is -0.538. The minimum Gasteiger partial charge on any atom is -0.444 e. The summed E-state index contributed by atoms with van der Waals surface area (Å²) in [5.74, 6) is -0.0753. The molecule has 10 nitrogen and oxygen atoms in total. The van der Waals surface area contributed by atoms with Crippen LogP contribution in [-0.4, -0.2) is 88.8 Å². The molecule has 11 heteroatoms. The van der Waals surface area contributed by atoms with Crippen LogP contribution in [0.2, 0.25) is 0 Å². The molecule has 2 bridgehead atoms. The Bertz CT molecular complexity index is 1300. The Morgan fingerprint density at radius 3 is 2.49 bits per heavy atom. The maximum absolute atomic E-state index is 13.4. The fraction of sp³-hybridized carbons (Fsp3) is 0.538. The van der Waals surface area contributed by atoms with Crippen LogP contribution >= 0.6 is 11.3 Å². The van der Waals surface area contributed by atoms with E-state index in [1.54, 1.807) is 11.1 Å². The number of fused-ring (bicyclic) bond motifs is 3. The van der Waals surface area contributed by atoms with Gasteiger partial charge in [-0.25, -0.2) is 9.78 Å². The van der Waals surface area contributed by atoms with Crippen molar-refractivity contribution in [2.45, 2.75) is 51.3 Å². The second-order valence-corrected chi connectivity index (χ2v) is 11.6. The van der Waals surface area contributed by atoms with Crippen LogP contribution in [-0.2, 0) is 9.47 Å². The number of ether oxygens (including phenoxy) is 2. The SMILES string of the molecule is CC(C)(C)OC(=O)N1C2CCC1CN(c1nc3c(C(=O)N4CCOCC4)ccc(-c4nccs4)c3o1)C2. The van der Waals surface area contributed by atoms with Crippen molar-refractivity contribution in [2.24, 2.45) is 0 Å². The van der Waals surface area contributed by atoms with Gasteiger partial charge in [-0.1, -0.05) is 0 Å². The number of piperazine rings is 1. The fourth-order valence-electron chi connectivity index (χ4n) is 5.44. The van der Waals surface area contributed by atoms with E-state index in [4.69, 9.17) is 18.9 Å². The lowest BCUT2D eigenvalue weighted by Crippen LogP contribution is -2.56. The largest absolute Gasteiger partial charge is 0.444 e. The molecule has 0 aliphatic carbocycles. The van der Waals surface area contributed by atoms with Gasteiger partial charge in [-0.15, -0.1) is 11.3 Å². The molecule has 0 radical (unpaired) electrons. The molecule has 5 heterocycles. The van der Waals surface area contributed by atoms with Gasteiger partial charge in [0.1, 0.15) is 16.1 Å². The molecule has 2 aromatic heterocycles. The van der Waals surface area contributed by atoms with E-state index in [0.717, 1.165) is 23.4 Å². The van der Waals surface area contributed by atoms with Crippen molar-refractivity contribution in [1.82, 2.24) is 19.8 Å². The average Bonchev–Trinajstić information content (AvgIpc) is 3.61. The quantitative estimate of drug-likeness (QED) is 0.506. The number of amides is 2. The number of hydrogen-bond acceptors (Lipinski definition) is 9. The van der Waals surface area contributed by atoms with Gasteiger partial charge >= 0.3 is 6.09 Å². The molecule has 0 saturated carbocycles. The van der Waals surface area contributed by atoms with Crippen molar-refractivity contribution in [1.29, 1.82) is 0 Å². The van der Waals surface area contributed by atoms with Crippen LogP contribution in [0.15, 0.2) is 28.1 Å². The van der Waals surface area contributed by atoms with Crippen molar-refractivity contribution in [3.05, 3.63) is 29.3 Å².